The lowest BCUT2D eigenvalue weighted by Gasteiger charge is -2.36. The van der Waals surface area contributed by atoms with E-state index in [2.05, 4.69) is 27.3 Å². The number of nitrogens with one attached hydrogen (secondary N) is 2. The van der Waals surface area contributed by atoms with Gasteiger partial charge in [-0.1, -0.05) is 43.3 Å². The van der Waals surface area contributed by atoms with Crippen LogP contribution in [0.5, 0.6) is 0 Å². The fraction of sp³-hybridized carbons (Fsp3) is 0.304. The third-order valence-electron chi connectivity index (χ3n) is 5.85. The maximum absolute atomic E-state index is 12.8. The molecule has 1 saturated heterocycles. The largest absolute Gasteiger partial charge is 0.480 e. The first-order valence-corrected chi connectivity index (χ1v) is 10.2. The number of carbonyl (C=O) groups is 2. The van der Waals surface area contributed by atoms with Gasteiger partial charge in [-0.3, -0.25) is 0 Å². The van der Waals surface area contributed by atoms with Gasteiger partial charge in [0.2, 0.25) is 0 Å². The Morgan fingerprint density at radius 3 is 2.37 bits per heavy atom. The summed E-state index contributed by atoms with van der Waals surface area (Å²) < 4.78 is 0. The van der Waals surface area contributed by atoms with Gasteiger partial charge in [0.15, 0.2) is 0 Å². The van der Waals surface area contributed by atoms with Crippen LogP contribution >= 0.6 is 0 Å². The smallest absolute Gasteiger partial charge is 0.326 e. The molecule has 1 aliphatic heterocycles. The van der Waals surface area contributed by atoms with Gasteiger partial charge in [-0.25, -0.2) is 9.59 Å². The second-order valence-corrected chi connectivity index (χ2v) is 7.65. The molecular weight excluding hydrogens is 380 g/mol. The van der Waals surface area contributed by atoms with E-state index in [0.717, 1.165) is 22.2 Å². The molecule has 7 nitrogen and oxygen atoms in total. The summed E-state index contributed by atoms with van der Waals surface area (Å²) in [5.41, 5.74) is 2.97. The number of para-hydroxylation sites is 2. The van der Waals surface area contributed by atoms with Crippen LogP contribution in [0.1, 0.15) is 18.4 Å². The van der Waals surface area contributed by atoms with Gasteiger partial charge in [-0.15, -0.1) is 0 Å². The number of nitrogens with zero attached hydrogens (tertiary/aromatic N) is 2. The van der Waals surface area contributed by atoms with Crippen molar-refractivity contribution in [2.24, 2.45) is 0 Å². The summed E-state index contributed by atoms with van der Waals surface area (Å²) in [5, 5.41) is 13.5. The number of hydrogen-bond acceptors (Lipinski definition) is 3. The molecule has 1 aromatic heterocycles. The molecule has 156 valence electrons. The Labute approximate surface area is 175 Å². The average molecular weight is 406 g/mol. The van der Waals surface area contributed by atoms with Crippen molar-refractivity contribution < 1.29 is 14.7 Å². The van der Waals surface area contributed by atoms with E-state index in [1.54, 1.807) is 4.90 Å². The number of urea groups is 1. The maximum atomic E-state index is 12.8. The Balaban J connectivity index is 1.42. The van der Waals surface area contributed by atoms with Crippen LogP contribution in [0.3, 0.4) is 0 Å². The van der Waals surface area contributed by atoms with Crippen molar-refractivity contribution in [3.05, 3.63) is 66.4 Å². The van der Waals surface area contributed by atoms with E-state index in [4.69, 9.17) is 0 Å². The molecule has 30 heavy (non-hydrogen) atoms. The number of aromatic amines is 1. The van der Waals surface area contributed by atoms with Crippen molar-refractivity contribution in [1.29, 1.82) is 0 Å². The quantitative estimate of drug-likeness (QED) is 0.607. The van der Waals surface area contributed by atoms with Crippen LogP contribution in [0.2, 0.25) is 0 Å². The van der Waals surface area contributed by atoms with Crippen molar-refractivity contribution in [2.45, 2.75) is 18.9 Å². The summed E-state index contributed by atoms with van der Waals surface area (Å²) in [4.78, 5) is 31.9. The highest BCUT2D eigenvalue weighted by molar-refractivity contribution is 5.87. The molecule has 3 N–H and O–H groups in total. The Morgan fingerprint density at radius 2 is 1.67 bits per heavy atom. The van der Waals surface area contributed by atoms with E-state index in [1.807, 2.05) is 55.6 Å². The normalized spacial score (nSPS) is 16.3. The van der Waals surface area contributed by atoms with E-state index in [0.29, 0.717) is 26.2 Å². The fourth-order valence-electron chi connectivity index (χ4n) is 4.08. The molecule has 0 unspecified atom stereocenters. The highest BCUT2D eigenvalue weighted by atomic mass is 16.4. The molecule has 2 atom stereocenters. The maximum Gasteiger partial charge on any atom is 0.326 e. The van der Waals surface area contributed by atoms with Crippen LogP contribution in [0.25, 0.3) is 10.9 Å². The van der Waals surface area contributed by atoms with Gasteiger partial charge in [0.1, 0.15) is 6.04 Å². The van der Waals surface area contributed by atoms with E-state index in [-0.39, 0.29) is 11.9 Å². The number of H-pyrrole nitrogens is 1. The molecule has 0 spiro atoms. The Morgan fingerprint density at radius 1 is 1.00 bits per heavy atom. The zero-order valence-electron chi connectivity index (χ0n) is 16.9. The van der Waals surface area contributed by atoms with Crippen molar-refractivity contribution in [2.75, 3.05) is 31.1 Å². The lowest BCUT2D eigenvalue weighted by atomic mass is 9.93. The van der Waals surface area contributed by atoms with E-state index >= 15 is 0 Å². The van der Waals surface area contributed by atoms with Gasteiger partial charge < -0.3 is 25.2 Å². The number of anilines is 1. The van der Waals surface area contributed by atoms with E-state index in [9.17, 15) is 14.7 Å². The monoisotopic (exact) mass is 406 g/mol. The van der Waals surface area contributed by atoms with Gasteiger partial charge in [0.05, 0.1) is 0 Å². The second kappa shape index (κ2) is 8.49. The van der Waals surface area contributed by atoms with Gasteiger partial charge >= 0.3 is 12.0 Å². The number of amides is 2. The number of carboxylic acid groups (broad SMARTS) is 1. The minimum atomic E-state index is -1.04. The Kier molecular flexibility index (Phi) is 5.61. The van der Waals surface area contributed by atoms with E-state index < -0.39 is 12.0 Å². The summed E-state index contributed by atoms with van der Waals surface area (Å²) in [7, 11) is 0. The molecule has 0 bridgehead atoms. The molecule has 4 rings (SSSR count). The zero-order valence-corrected chi connectivity index (χ0v) is 16.9. The number of fused-ring (bicyclic) bond motifs is 1. The third-order valence-corrected chi connectivity index (χ3v) is 5.85. The van der Waals surface area contributed by atoms with Crippen LogP contribution in [-0.2, 0) is 4.79 Å². The zero-order chi connectivity index (χ0) is 21.1. The number of carboxylic acids is 1. The molecule has 2 heterocycles. The lowest BCUT2D eigenvalue weighted by Crippen LogP contribution is -2.55. The molecule has 0 saturated carbocycles. The molecule has 1 aliphatic rings. The van der Waals surface area contributed by atoms with Gasteiger partial charge in [-0.05, 0) is 23.8 Å². The number of aliphatic carboxylic acids is 1. The molecule has 0 aliphatic carbocycles. The van der Waals surface area contributed by atoms with Crippen LogP contribution in [0.4, 0.5) is 10.5 Å². The van der Waals surface area contributed by atoms with Crippen molar-refractivity contribution >= 4 is 28.6 Å². The minimum absolute atomic E-state index is 0.332. The minimum Gasteiger partial charge on any atom is -0.480 e. The summed E-state index contributed by atoms with van der Waals surface area (Å²) in [6.45, 7) is 4.37. The number of carbonyl (C=O) groups excluding carboxylic acids is 1. The lowest BCUT2D eigenvalue weighted by molar-refractivity contribution is -0.139. The molecular formula is C23H26N4O3. The molecule has 7 heteroatoms. The summed E-state index contributed by atoms with van der Waals surface area (Å²) >= 11 is 0. The van der Waals surface area contributed by atoms with Gasteiger partial charge in [0, 0.05) is 54.9 Å². The first-order valence-electron chi connectivity index (χ1n) is 10.2. The summed E-state index contributed by atoms with van der Waals surface area (Å²) in [6.07, 6.45) is 1.83. The van der Waals surface area contributed by atoms with E-state index in [1.165, 1.54) is 0 Å². The topological polar surface area (TPSA) is 88.7 Å². The van der Waals surface area contributed by atoms with Gasteiger partial charge in [0.25, 0.3) is 0 Å². The Hall–Kier alpha value is -3.48. The van der Waals surface area contributed by atoms with Crippen molar-refractivity contribution in [3.8, 4) is 0 Å². The summed E-state index contributed by atoms with van der Waals surface area (Å²) in [5.74, 6) is -1.42. The molecule has 2 amide bonds. The van der Waals surface area contributed by atoms with Crippen molar-refractivity contribution in [1.82, 2.24) is 15.2 Å². The first-order chi connectivity index (χ1) is 14.5. The van der Waals surface area contributed by atoms with Crippen LogP contribution in [0.15, 0.2) is 60.8 Å². The predicted octanol–water partition coefficient (Wildman–Crippen LogP) is 3.26. The highest BCUT2D eigenvalue weighted by Crippen LogP contribution is 2.28. The fourth-order valence-corrected chi connectivity index (χ4v) is 4.08. The van der Waals surface area contributed by atoms with Crippen LogP contribution in [0, 0.1) is 0 Å². The molecule has 1 fully saturated rings. The number of benzene rings is 2. The first kappa shape index (κ1) is 19.8. The summed E-state index contributed by atoms with van der Waals surface area (Å²) in [6, 6.07) is 16.5. The predicted molar refractivity (Wildman–Crippen MR) is 117 cm³/mol. The SMILES string of the molecule is C[C@@H](c1c[nH]c2ccccc12)[C@@H](NC(=O)N1CCN(c2ccccc2)CC1)C(=O)O. The molecule has 3 aromatic rings. The van der Waals surface area contributed by atoms with Crippen LogP contribution < -0.4 is 10.2 Å². The Bertz CT molecular complexity index is 1030. The van der Waals surface area contributed by atoms with Gasteiger partial charge in [-0.2, -0.15) is 0 Å². The number of piperazine rings is 1. The molecule has 2 aromatic carbocycles. The molecule has 0 radical (unpaired) electrons. The van der Waals surface area contributed by atoms with Crippen LogP contribution in [-0.4, -0.2) is 59.2 Å². The number of rotatable bonds is 5. The number of aromatic nitrogens is 1. The van der Waals surface area contributed by atoms with Crippen molar-refractivity contribution in [3.63, 3.8) is 0 Å². The third kappa shape index (κ3) is 3.96. The average Bonchev–Trinajstić information content (AvgIpc) is 3.21. The highest BCUT2D eigenvalue weighted by Gasteiger charge is 2.31. The second-order valence-electron chi connectivity index (χ2n) is 7.65. The standard InChI is InChI=1S/C23H26N4O3/c1-16(19-15-24-20-10-6-5-9-18(19)20)21(22(28)29)25-23(30)27-13-11-26(12-14-27)17-7-3-2-4-8-17/h2-10,15-16,21,24H,11-14H2,1H3,(H,25,30)(H,28,29)/t16-,21+/m0/s1. The number of hydrogen-bond donors (Lipinski definition) is 3.